The summed E-state index contributed by atoms with van der Waals surface area (Å²) in [7, 11) is 1.81. The number of nitrogens with zero attached hydrogens (tertiary/aromatic N) is 3. The zero-order chi connectivity index (χ0) is 13.1. The Labute approximate surface area is 109 Å². The van der Waals surface area contributed by atoms with Gasteiger partial charge in [0, 0.05) is 12.6 Å². The van der Waals surface area contributed by atoms with Crippen molar-refractivity contribution in [2.45, 2.75) is 6.54 Å². The highest BCUT2D eigenvalue weighted by atomic mass is 35.5. The molecule has 1 amide bonds. The number of carbonyl (C=O) groups is 1. The number of nitrogen functional groups attached to an aromatic ring is 1. The average molecular weight is 266 g/mol. The molecule has 1 aromatic carbocycles. The van der Waals surface area contributed by atoms with Crippen molar-refractivity contribution in [3.8, 4) is 0 Å². The summed E-state index contributed by atoms with van der Waals surface area (Å²) in [5.74, 6) is 0.437. The fourth-order valence-corrected chi connectivity index (χ4v) is 1.53. The van der Waals surface area contributed by atoms with Gasteiger partial charge in [-0.1, -0.05) is 11.6 Å². The molecule has 2 rings (SSSR count). The first-order valence-corrected chi connectivity index (χ1v) is 5.62. The minimum atomic E-state index is -0.235. The number of hydrogen-bond donors (Lipinski definition) is 2. The molecule has 94 valence electrons. The number of aromatic nitrogens is 3. The van der Waals surface area contributed by atoms with Crippen molar-refractivity contribution in [2.75, 3.05) is 5.73 Å². The minimum absolute atomic E-state index is 0.235. The van der Waals surface area contributed by atoms with Crippen molar-refractivity contribution in [1.29, 1.82) is 0 Å². The largest absolute Gasteiger partial charge is 0.398 e. The lowest BCUT2D eigenvalue weighted by molar-refractivity contribution is 0.0949. The molecule has 0 fully saturated rings. The first-order valence-electron chi connectivity index (χ1n) is 5.24. The van der Waals surface area contributed by atoms with Crippen LogP contribution in [0.2, 0.25) is 5.02 Å². The van der Waals surface area contributed by atoms with Crippen LogP contribution < -0.4 is 11.1 Å². The second-order valence-corrected chi connectivity index (χ2v) is 4.18. The maximum atomic E-state index is 11.8. The van der Waals surface area contributed by atoms with Crippen molar-refractivity contribution in [2.24, 2.45) is 7.05 Å². The summed E-state index contributed by atoms with van der Waals surface area (Å²) in [6, 6.07) is 4.74. The van der Waals surface area contributed by atoms with Crippen LogP contribution in [0, 0.1) is 0 Å². The van der Waals surface area contributed by atoms with Gasteiger partial charge >= 0.3 is 0 Å². The molecule has 0 bridgehead atoms. The van der Waals surface area contributed by atoms with E-state index in [1.165, 1.54) is 6.07 Å². The number of rotatable bonds is 3. The Balaban J connectivity index is 2.04. The van der Waals surface area contributed by atoms with Crippen LogP contribution in [0.4, 0.5) is 5.69 Å². The van der Waals surface area contributed by atoms with Gasteiger partial charge in [0.15, 0.2) is 5.82 Å². The SMILES string of the molecule is Cn1cnnc1CNC(=O)c1ccc(Cl)c(N)c1. The van der Waals surface area contributed by atoms with Crippen molar-refractivity contribution < 1.29 is 4.79 Å². The van der Waals surface area contributed by atoms with E-state index in [0.29, 0.717) is 28.6 Å². The lowest BCUT2D eigenvalue weighted by atomic mass is 10.2. The lowest BCUT2D eigenvalue weighted by Gasteiger charge is -2.06. The zero-order valence-corrected chi connectivity index (χ0v) is 10.5. The number of benzene rings is 1. The van der Waals surface area contributed by atoms with E-state index >= 15 is 0 Å². The van der Waals surface area contributed by atoms with E-state index in [4.69, 9.17) is 17.3 Å². The van der Waals surface area contributed by atoms with E-state index in [1.807, 2.05) is 7.05 Å². The number of hydrogen-bond acceptors (Lipinski definition) is 4. The third kappa shape index (κ3) is 2.60. The third-order valence-corrected chi connectivity index (χ3v) is 2.81. The summed E-state index contributed by atoms with van der Waals surface area (Å²) in [6.07, 6.45) is 1.57. The van der Waals surface area contributed by atoms with Gasteiger partial charge in [0.25, 0.3) is 5.91 Å². The number of halogens is 1. The molecule has 0 radical (unpaired) electrons. The van der Waals surface area contributed by atoms with Gasteiger partial charge in [0.05, 0.1) is 17.3 Å². The summed E-state index contributed by atoms with van der Waals surface area (Å²) in [6.45, 7) is 0.303. The van der Waals surface area contributed by atoms with Gasteiger partial charge in [-0.2, -0.15) is 0 Å². The van der Waals surface area contributed by atoms with E-state index in [9.17, 15) is 4.79 Å². The lowest BCUT2D eigenvalue weighted by Crippen LogP contribution is -2.24. The van der Waals surface area contributed by atoms with Crippen LogP contribution in [0.25, 0.3) is 0 Å². The molecular formula is C11H12ClN5O. The molecule has 0 saturated heterocycles. The van der Waals surface area contributed by atoms with Crippen LogP contribution in [0.3, 0.4) is 0 Å². The van der Waals surface area contributed by atoms with Gasteiger partial charge in [-0.05, 0) is 18.2 Å². The minimum Gasteiger partial charge on any atom is -0.398 e. The van der Waals surface area contributed by atoms with Gasteiger partial charge in [-0.3, -0.25) is 4.79 Å². The maximum Gasteiger partial charge on any atom is 0.251 e. The van der Waals surface area contributed by atoms with Crippen LogP contribution in [0.5, 0.6) is 0 Å². The molecule has 1 aromatic heterocycles. The number of aryl methyl sites for hydroxylation is 1. The van der Waals surface area contributed by atoms with Crippen molar-refractivity contribution in [1.82, 2.24) is 20.1 Å². The molecule has 0 aliphatic rings. The fraction of sp³-hybridized carbons (Fsp3) is 0.182. The Bertz CT molecular complexity index is 581. The molecular weight excluding hydrogens is 254 g/mol. The molecule has 1 heterocycles. The van der Waals surface area contributed by atoms with E-state index in [0.717, 1.165) is 0 Å². The molecule has 18 heavy (non-hydrogen) atoms. The Morgan fingerprint density at radius 2 is 2.33 bits per heavy atom. The third-order valence-electron chi connectivity index (χ3n) is 2.47. The molecule has 6 nitrogen and oxygen atoms in total. The van der Waals surface area contributed by atoms with Crippen LogP contribution >= 0.6 is 11.6 Å². The Hall–Kier alpha value is -2.08. The maximum absolute atomic E-state index is 11.8. The second kappa shape index (κ2) is 5.05. The molecule has 0 unspecified atom stereocenters. The Morgan fingerprint density at radius 3 is 2.94 bits per heavy atom. The molecule has 0 spiro atoms. The van der Waals surface area contributed by atoms with Gasteiger partial charge in [-0.15, -0.1) is 10.2 Å². The Kier molecular flexibility index (Phi) is 3.47. The van der Waals surface area contributed by atoms with E-state index < -0.39 is 0 Å². The number of amides is 1. The molecule has 2 aromatic rings. The van der Waals surface area contributed by atoms with Gasteiger partial charge in [-0.25, -0.2) is 0 Å². The predicted molar refractivity (Wildman–Crippen MR) is 68.0 cm³/mol. The Morgan fingerprint density at radius 1 is 1.56 bits per heavy atom. The van der Waals surface area contributed by atoms with Crippen LogP contribution in [-0.4, -0.2) is 20.7 Å². The second-order valence-electron chi connectivity index (χ2n) is 3.78. The van der Waals surface area contributed by atoms with E-state index in [1.54, 1.807) is 23.0 Å². The quantitative estimate of drug-likeness (QED) is 0.810. The fourth-order valence-electron chi connectivity index (χ4n) is 1.41. The highest BCUT2D eigenvalue weighted by Gasteiger charge is 2.08. The smallest absolute Gasteiger partial charge is 0.251 e. The van der Waals surface area contributed by atoms with Gasteiger partial charge in [0.2, 0.25) is 0 Å². The number of nitrogens with one attached hydrogen (secondary N) is 1. The molecule has 0 saturated carbocycles. The van der Waals surface area contributed by atoms with Crippen LogP contribution in [0.15, 0.2) is 24.5 Å². The number of nitrogens with two attached hydrogens (primary N) is 1. The van der Waals surface area contributed by atoms with Crippen molar-refractivity contribution in [3.05, 3.63) is 40.9 Å². The van der Waals surface area contributed by atoms with Crippen molar-refractivity contribution in [3.63, 3.8) is 0 Å². The molecule has 0 aliphatic heterocycles. The first-order chi connectivity index (χ1) is 8.58. The summed E-state index contributed by atoms with van der Waals surface area (Å²) in [4.78, 5) is 11.8. The number of anilines is 1. The van der Waals surface area contributed by atoms with Crippen LogP contribution in [0.1, 0.15) is 16.2 Å². The topological polar surface area (TPSA) is 85.8 Å². The predicted octanol–water partition coefficient (Wildman–Crippen LogP) is 0.981. The van der Waals surface area contributed by atoms with Gasteiger partial charge < -0.3 is 15.6 Å². The molecule has 0 aliphatic carbocycles. The summed E-state index contributed by atoms with van der Waals surface area (Å²) < 4.78 is 1.73. The first kappa shape index (κ1) is 12.4. The standard InChI is InChI=1S/C11H12ClN5O/c1-17-6-15-16-10(17)5-14-11(18)7-2-3-8(12)9(13)4-7/h2-4,6H,5,13H2,1H3,(H,14,18). The monoisotopic (exact) mass is 265 g/mol. The zero-order valence-electron chi connectivity index (χ0n) is 9.72. The normalized spacial score (nSPS) is 10.3. The summed E-state index contributed by atoms with van der Waals surface area (Å²) in [5, 5.41) is 10.7. The molecule has 3 N–H and O–H groups in total. The van der Waals surface area contributed by atoms with E-state index in [-0.39, 0.29) is 5.91 Å². The highest BCUT2D eigenvalue weighted by molar-refractivity contribution is 6.33. The summed E-state index contributed by atoms with van der Waals surface area (Å²) >= 11 is 5.79. The highest BCUT2D eigenvalue weighted by Crippen LogP contribution is 2.19. The molecule has 0 atom stereocenters. The molecule has 7 heteroatoms. The average Bonchev–Trinajstić information content (AvgIpc) is 2.75. The van der Waals surface area contributed by atoms with E-state index in [2.05, 4.69) is 15.5 Å². The van der Waals surface area contributed by atoms with Gasteiger partial charge in [0.1, 0.15) is 6.33 Å². The van der Waals surface area contributed by atoms with Crippen molar-refractivity contribution >= 4 is 23.2 Å². The van der Waals surface area contributed by atoms with Crippen LogP contribution in [-0.2, 0) is 13.6 Å². The summed E-state index contributed by atoms with van der Waals surface area (Å²) in [5.41, 5.74) is 6.47. The number of carbonyl (C=O) groups excluding carboxylic acids is 1.